The number of rotatable bonds is 2. The van der Waals surface area contributed by atoms with Crippen molar-refractivity contribution in [1.82, 2.24) is 8.80 Å². The third-order valence-corrected chi connectivity index (χ3v) is 15.6. The minimum Gasteiger partial charge on any atom is -0.308 e. The van der Waals surface area contributed by atoms with Gasteiger partial charge in [-0.15, -0.1) is 0 Å². The maximum Gasteiger partial charge on any atom is 0.0634 e. The summed E-state index contributed by atoms with van der Waals surface area (Å²) in [6.07, 6.45) is 0. The van der Waals surface area contributed by atoms with E-state index in [1.807, 2.05) is 0 Å². The molecule has 0 amide bonds. The largest absolute Gasteiger partial charge is 0.308 e. The SMILES string of the molecule is CC(C)(C)c1ccc(-c2ccc3c(c2)c2c4c5cc(C(C)(C)C)cc(C(C)(C)C)c5n5c6ccc(-c7ccc(C(C)(C)C)cc7)cc6c(c6c7cc(C(C)(C)C)cc(C(C)(C)C)c7n3c26)c45)cc1. The molecule has 0 atom stereocenters. The van der Waals surface area contributed by atoms with Crippen molar-refractivity contribution in [2.45, 2.75) is 157 Å². The standard InChI is InChI=1S/C66H72N2/c1-61(2,3)41-25-19-37(20-26-41)39-23-29-51-45(31-39)53-55-47-33-43(63(7,8)9)36-50(66(16,17)18)58(47)68-52-30-24-40(38-21-27-42(28-22-38)62(4,5)6)32-46(52)54(60(55)68)56-48-34-44(64(10,11)12)35-49(65(13,14)15)57(48)67(51)59(53)56/h19-36H,1-18H3. The molecular weight excluding hydrogens is 821 g/mol. The van der Waals surface area contributed by atoms with Gasteiger partial charge in [0.25, 0.3) is 0 Å². The van der Waals surface area contributed by atoms with Crippen LogP contribution in [0.5, 0.6) is 0 Å². The fourth-order valence-electron chi connectivity index (χ4n) is 11.6. The van der Waals surface area contributed by atoms with Crippen molar-refractivity contribution in [3.8, 4) is 22.3 Å². The van der Waals surface area contributed by atoms with Crippen LogP contribution >= 0.6 is 0 Å². The summed E-state index contributed by atoms with van der Waals surface area (Å²) in [4.78, 5) is 0. The Labute approximate surface area is 405 Å². The summed E-state index contributed by atoms with van der Waals surface area (Å²) in [5.41, 5.74) is 21.1. The van der Waals surface area contributed by atoms with Gasteiger partial charge in [-0.05, 0) is 125 Å². The summed E-state index contributed by atoms with van der Waals surface area (Å²) in [6.45, 7) is 42.5. The van der Waals surface area contributed by atoms with E-state index in [0.717, 1.165) is 0 Å². The first-order valence-corrected chi connectivity index (χ1v) is 25.3. The molecule has 0 aliphatic heterocycles. The summed E-state index contributed by atoms with van der Waals surface area (Å²) >= 11 is 0. The lowest BCUT2D eigenvalue weighted by atomic mass is 9.78. The number of aromatic nitrogens is 2. The van der Waals surface area contributed by atoms with Crippen LogP contribution < -0.4 is 0 Å². The molecule has 7 aromatic carbocycles. The first-order valence-electron chi connectivity index (χ1n) is 25.3. The molecule has 0 fully saturated rings. The van der Waals surface area contributed by atoms with Gasteiger partial charge in [-0.1, -0.05) is 197 Å². The Kier molecular flexibility index (Phi) is 9.12. The highest BCUT2D eigenvalue weighted by Gasteiger charge is 2.35. The van der Waals surface area contributed by atoms with E-state index < -0.39 is 0 Å². The van der Waals surface area contributed by atoms with Gasteiger partial charge in [0, 0.05) is 43.1 Å². The van der Waals surface area contributed by atoms with Crippen molar-refractivity contribution in [3.63, 3.8) is 0 Å². The molecule has 0 spiro atoms. The minimum absolute atomic E-state index is 0.0422. The quantitative estimate of drug-likeness (QED) is 0.163. The van der Waals surface area contributed by atoms with Crippen molar-refractivity contribution < 1.29 is 0 Å². The Morgan fingerprint density at radius 3 is 0.838 bits per heavy atom. The van der Waals surface area contributed by atoms with Gasteiger partial charge in [0.2, 0.25) is 0 Å². The fraction of sp³-hybridized carbons (Fsp3) is 0.364. The first kappa shape index (κ1) is 44.6. The van der Waals surface area contributed by atoms with E-state index in [4.69, 9.17) is 0 Å². The van der Waals surface area contributed by atoms with Crippen LogP contribution in [0.4, 0.5) is 0 Å². The maximum absolute atomic E-state index is 2.71. The van der Waals surface area contributed by atoms with Crippen LogP contribution in [0.25, 0.3) is 98.4 Å². The topological polar surface area (TPSA) is 8.82 Å². The van der Waals surface area contributed by atoms with E-state index in [1.165, 1.54) is 132 Å². The lowest BCUT2D eigenvalue weighted by Gasteiger charge is -2.26. The third-order valence-electron chi connectivity index (χ3n) is 15.6. The van der Waals surface area contributed by atoms with Crippen LogP contribution in [-0.4, -0.2) is 8.80 Å². The predicted octanol–water partition coefficient (Wildman–Crippen LogP) is 19.1. The summed E-state index contributed by atoms with van der Waals surface area (Å²) in [6, 6.07) is 43.6. The molecule has 68 heavy (non-hydrogen) atoms. The van der Waals surface area contributed by atoms with Gasteiger partial charge in [-0.3, -0.25) is 0 Å². The monoisotopic (exact) mass is 893 g/mol. The molecule has 4 aromatic heterocycles. The van der Waals surface area contributed by atoms with Crippen LogP contribution in [0.15, 0.2) is 109 Å². The van der Waals surface area contributed by atoms with Crippen LogP contribution in [0.1, 0.15) is 158 Å². The van der Waals surface area contributed by atoms with E-state index in [1.54, 1.807) is 0 Å². The average Bonchev–Trinajstić information content (AvgIpc) is 3.96. The van der Waals surface area contributed by atoms with Gasteiger partial charge < -0.3 is 8.80 Å². The summed E-state index contributed by atoms with van der Waals surface area (Å²) in [7, 11) is 0. The molecule has 2 nitrogen and oxygen atoms in total. The Hall–Kier alpha value is -5.86. The molecule has 0 unspecified atom stereocenters. The Bertz CT molecular complexity index is 3580. The van der Waals surface area contributed by atoms with Crippen molar-refractivity contribution in [3.05, 3.63) is 143 Å². The maximum atomic E-state index is 2.71. The molecule has 0 bridgehead atoms. The Morgan fingerprint density at radius 1 is 0.250 bits per heavy atom. The molecule has 11 aromatic rings. The number of fused-ring (bicyclic) bond motifs is 14. The van der Waals surface area contributed by atoms with Crippen LogP contribution in [0, 0.1) is 0 Å². The van der Waals surface area contributed by atoms with Crippen LogP contribution in [-0.2, 0) is 32.5 Å². The fourth-order valence-corrected chi connectivity index (χ4v) is 11.6. The summed E-state index contributed by atoms with van der Waals surface area (Å²) < 4.78 is 5.42. The predicted molar refractivity (Wildman–Crippen MR) is 299 cm³/mol. The van der Waals surface area contributed by atoms with E-state index in [0.29, 0.717) is 0 Å². The molecule has 0 aliphatic carbocycles. The highest BCUT2D eigenvalue weighted by atomic mass is 15.0. The number of nitrogens with zero attached hydrogens (tertiary/aromatic N) is 2. The number of benzene rings is 7. The zero-order chi connectivity index (χ0) is 48.7. The molecule has 0 N–H and O–H groups in total. The van der Waals surface area contributed by atoms with Crippen LogP contribution in [0.3, 0.4) is 0 Å². The van der Waals surface area contributed by atoms with E-state index in [-0.39, 0.29) is 32.5 Å². The third kappa shape index (κ3) is 6.48. The molecule has 346 valence electrons. The molecular formula is C66H72N2. The van der Waals surface area contributed by atoms with Gasteiger partial charge in [0.05, 0.1) is 33.1 Å². The first-order chi connectivity index (χ1) is 31.5. The number of hydrogen-bond acceptors (Lipinski definition) is 0. The molecule has 4 heterocycles. The van der Waals surface area contributed by atoms with E-state index in [2.05, 4.69) is 243 Å². The second-order valence-electron chi connectivity index (χ2n) is 26.8. The Morgan fingerprint density at radius 2 is 0.544 bits per heavy atom. The zero-order valence-electron chi connectivity index (χ0n) is 44.3. The second kappa shape index (κ2) is 13.9. The van der Waals surface area contributed by atoms with Crippen LogP contribution in [0.2, 0.25) is 0 Å². The second-order valence-corrected chi connectivity index (χ2v) is 26.8. The molecule has 2 heteroatoms. The molecule has 0 saturated carbocycles. The smallest absolute Gasteiger partial charge is 0.0634 e. The van der Waals surface area contributed by atoms with Gasteiger partial charge in [0.1, 0.15) is 0 Å². The Balaban J connectivity index is 1.42. The van der Waals surface area contributed by atoms with Gasteiger partial charge in [-0.2, -0.15) is 0 Å². The van der Waals surface area contributed by atoms with E-state index >= 15 is 0 Å². The molecule has 0 aliphatic rings. The molecule has 11 rings (SSSR count). The van der Waals surface area contributed by atoms with Crippen molar-refractivity contribution in [1.29, 1.82) is 0 Å². The van der Waals surface area contributed by atoms with Crippen molar-refractivity contribution >= 4 is 76.2 Å². The van der Waals surface area contributed by atoms with E-state index in [9.17, 15) is 0 Å². The highest BCUT2D eigenvalue weighted by Crippen LogP contribution is 2.55. The summed E-state index contributed by atoms with van der Waals surface area (Å²) in [5, 5.41) is 10.9. The lowest BCUT2D eigenvalue weighted by molar-refractivity contribution is 0.571. The summed E-state index contributed by atoms with van der Waals surface area (Å²) in [5.74, 6) is 0. The van der Waals surface area contributed by atoms with Crippen molar-refractivity contribution in [2.24, 2.45) is 0 Å². The van der Waals surface area contributed by atoms with Crippen molar-refractivity contribution in [2.75, 3.05) is 0 Å². The lowest BCUT2D eigenvalue weighted by Crippen LogP contribution is -2.17. The molecule has 0 radical (unpaired) electrons. The minimum atomic E-state index is -0.111. The number of hydrogen-bond donors (Lipinski definition) is 0. The normalized spacial score (nSPS) is 14.0. The molecule has 0 saturated heterocycles. The van der Waals surface area contributed by atoms with Gasteiger partial charge >= 0.3 is 0 Å². The average molecular weight is 893 g/mol. The van der Waals surface area contributed by atoms with Gasteiger partial charge in [-0.25, -0.2) is 0 Å². The highest BCUT2D eigenvalue weighted by molar-refractivity contribution is 6.45. The van der Waals surface area contributed by atoms with Gasteiger partial charge in [0.15, 0.2) is 0 Å². The zero-order valence-corrected chi connectivity index (χ0v) is 44.3.